The van der Waals surface area contributed by atoms with Crippen LogP contribution >= 0.6 is 11.3 Å². The van der Waals surface area contributed by atoms with Gasteiger partial charge in [0.05, 0.1) is 11.4 Å². The first-order valence-electron chi connectivity index (χ1n) is 31.7. The van der Waals surface area contributed by atoms with E-state index in [1.54, 1.807) is 11.1 Å². The molecule has 3 atom stereocenters. The highest BCUT2D eigenvalue weighted by Crippen LogP contribution is 2.78. The highest BCUT2D eigenvalue weighted by molar-refractivity contribution is 7.33. The molecule has 7 aromatic carbocycles. The van der Waals surface area contributed by atoms with Crippen LogP contribution in [0.5, 0.6) is 0 Å². The largest absolute Gasteiger partial charge is 0.454 e. The van der Waals surface area contributed by atoms with Crippen LogP contribution in [0.3, 0.4) is 0 Å². The van der Waals surface area contributed by atoms with Crippen molar-refractivity contribution in [3.8, 4) is 11.1 Å². The third-order valence-corrected chi connectivity index (χ3v) is 25.0. The van der Waals surface area contributed by atoms with E-state index >= 15 is 0 Å². The summed E-state index contributed by atoms with van der Waals surface area (Å²) in [5.74, 6) is 1.20. The molecule has 0 amide bonds. The fourth-order valence-corrected chi connectivity index (χ4v) is 19.9. The van der Waals surface area contributed by atoms with Crippen LogP contribution in [0.2, 0.25) is 0 Å². The van der Waals surface area contributed by atoms with E-state index in [0.717, 1.165) is 16.9 Å². The lowest BCUT2D eigenvalue weighted by Crippen LogP contribution is -2.60. The molecule has 5 heteroatoms. The number of benzene rings is 7. The fraction of sp³-hybridized carbons (Fsp3) is 0.429. The maximum atomic E-state index is 7.39. The van der Waals surface area contributed by atoms with E-state index in [2.05, 4.69) is 233 Å². The first-order valence-corrected chi connectivity index (χ1v) is 32.5. The van der Waals surface area contributed by atoms with Gasteiger partial charge in [0.25, 0.3) is 6.71 Å². The Hall–Kier alpha value is -6.04. The maximum Gasteiger partial charge on any atom is 0.264 e. The minimum atomic E-state index is -0.0887. The Bertz CT molecular complexity index is 4260. The van der Waals surface area contributed by atoms with E-state index < -0.39 is 0 Å². The Kier molecular flexibility index (Phi) is 10.5. The van der Waals surface area contributed by atoms with Crippen molar-refractivity contribution < 1.29 is 4.42 Å². The van der Waals surface area contributed by atoms with Gasteiger partial charge in [0.1, 0.15) is 5.58 Å². The average molecular weight is 1100 g/mol. The average Bonchev–Trinajstić information content (AvgIpc) is 1.65. The molecule has 416 valence electrons. The summed E-state index contributed by atoms with van der Waals surface area (Å²) in [4.78, 5) is 5.47. The zero-order chi connectivity index (χ0) is 56.7. The van der Waals surface area contributed by atoms with E-state index in [4.69, 9.17) is 4.42 Å². The fourth-order valence-electron chi connectivity index (χ4n) is 18.6. The topological polar surface area (TPSA) is 19.6 Å². The van der Waals surface area contributed by atoms with Gasteiger partial charge in [-0.15, -0.1) is 11.3 Å². The van der Waals surface area contributed by atoms with Crippen LogP contribution in [0, 0.1) is 23.7 Å². The highest BCUT2D eigenvalue weighted by Gasteiger charge is 2.71. The van der Waals surface area contributed by atoms with Crippen molar-refractivity contribution >= 4 is 99.9 Å². The summed E-state index contributed by atoms with van der Waals surface area (Å²) in [5.41, 5.74) is 27.4. The molecule has 82 heavy (non-hydrogen) atoms. The molecular formula is C77H83BN2OS. The van der Waals surface area contributed by atoms with Crippen LogP contribution in [-0.2, 0) is 27.1 Å². The van der Waals surface area contributed by atoms with Gasteiger partial charge in [-0.3, -0.25) is 0 Å². The first-order chi connectivity index (χ1) is 38.9. The molecule has 4 heterocycles. The van der Waals surface area contributed by atoms with Crippen molar-refractivity contribution in [2.24, 2.45) is 16.7 Å². The lowest BCUT2D eigenvalue weighted by Gasteiger charge is -2.49. The van der Waals surface area contributed by atoms with Crippen molar-refractivity contribution in [3.05, 3.63) is 160 Å². The second kappa shape index (κ2) is 16.6. The van der Waals surface area contributed by atoms with Crippen LogP contribution in [0.1, 0.15) is 205 Å². The molecule has 2 aliphatic heterocycles. The molecule has 1 spiro atoms. The van der Waals surface area contributed by atoms with Gasteiger partial charge in [-0.25, -0.2) is 0 Å². The predicted octanol–water partition coefficient (Wildman–Crippen LogP) is 20.3. The quantitative estimate of drug-likeness (QED) is 0.164. The Balaban J connectivity index is 0.996. The minimum absolute atomic E-state index is 0.0198. The summed E-state index contributed by atoms with van der Waals surface area (Å²) in [7, 11) is 0. The molecule has 2 bridgehead atoms. The van der Waals surface area contributed by atoms with Crippen LogP contribution in [0.4, 0.5) is 34.1 Å². The van der Waals surface area contributed by atoms with Crippen LogP contribution in [0.15, 0.2) is 120 Å². The van der Waals surface area contributed by atoms with E-state index in [1.807, 2.05) is 0 Å². The summed E-state index contributed by atoms with van der Waals surface area (Å²) >= 11 is 2.06. The summed E-state index contributed by atoms with van der Waals surface area (Å²) < 4.78 is 10.2. The molecule has 9 aromatic rings. The number of rotatable bonds is 3. The second-order valence-corrected chi connectivity index (χ2v) is 32.4. The zero-order valence-corrected chi connectivity index (χ0v) is 52.3. The number of para-hydroxylation sites is 1. The van der Waals surface area contributed by atoms with Gasteiger partial charge in [0, 0.05) is 53.8 Å². The highest BCUT2D eigenvalue weighted by atomic mass is 32.1. The lowest BCUT2D eigenvalue weighted by molar-refractivity contribution is 0.0990. The molecule has 3 nitrogen and oxygen atoms in total. The van der Waals surface area contributed by atoms with Gasteiger partial charge in [-0.2, -0.15) is 0 Å². The second-order valence-electron chi connectivity index (χ2n) is 31.3. The smallest absolute Gasteiger partial charge is 0.264 e. The molecule has 2 aromatic heterocycles. The van der Waals surface area contributed by atoms with Gasteiger partial charge >= 0.3 is 0 Å². The summed E-state index contributed by atoms with van der Waals surface area (Å²) in [6, 6.07) is 47.3. The van der Waals surface area contributed by atoms with Crippen molar-refractivity contribution in [2.45, 2.75) is 194 Å². The van der Waals surface area contributed by atoms with Gasteiger partial charge in [-0.1, -0.05) is 170 Å². The third kappa shape index (κ3) is 6.67. The van der Waals surface area contributed by atoms with Crippen molar-refractivity contribution in [3.63, 3.8) is 0 Å². The number of hydrogen-bond donors (Lipinski definition) is 0. The molecule has 0 radical (unpaired) electrons. The van der Waals surface area contributed by atoms with Crippen LogP contribution in [0.25, 0.3) is 43.2 Å². The summed E-state index contributed by atoms with van der Waals surface area (Å²) in [5, 5.41) is 3.92. The molecule has 0 saturated heterocycles. The summed E-state index contributed by atoms with van der Waals surface area (Å²) in [6.07, 6.45) is 12.5. The maximum absolute atomic E-state index is 7.39. The van der Waals surface area contributed by atoms with Gasteiger partial charge in [-0.05, 0) is 217 Å². The Labute approximate surface area is 493 Å². The van der Waals surface area contributed by atoms with Crippen LogP contribution < -0.4 is 25.5 Å². The first kappa shape index (κ1) is 51.6. The predicted molar refractivity (Wildman–Crippen MR) is 352 cm³/mol. The van der Waals surface area contributed by atoms with Crippen molar-refractivity contribution in [2.75, 3.05) is 9.80 Å². The van der Waals surface area contributed by atoms with Crippen LogP contribution in [-0.4, -0.2) is 6.71 Å². The van der Waals surface area contributed by atoms with Crippen molar-refractivity contribution in [1.29, 1.82) is 0 Å². The molecule has 3 fully saturated rings. The molecule has 5 aliphatic carbocycles. The third-order valence-electron chi connectivity index (χ3n) is 23.8. The van der Waals surface area contributed by atoms with Gasteiger partial charge in [0.15, 0.2) is 5.58 Å². The number of hydrogen-bond acceptors (Lipinski definition) is 4. The Morgan fingerprint density at radius 1 is 0.585 bits per heavy atom. The summed E-state index contributed by atoms with van der Waals surface area (Å²) in [6.45, 7) is 34.6. The monoisotopic (exact) mass is 1090 g/mol. The Morgan fingerprint density at radius 2 is 1.24 bits per heavy atom. The van der Waals surface area contributed by atoms with Crippen molar-refractivity contribution in [1.82, 2.24) is 0 Å². The lowest BCUT2D eigenvalue weighted by atomic mass is 9.36. The number of aryl methyl sites for hydroxylation is 1. The standard InChI is InChI=1S/C77H83BN2OS/c1-44-36-62-67-63(37-44)80(60-31-29-50(45-20-16-15-17-21-45)66-53-22-18-19-23-64(53)81-69(60)66)68-54-41-57-58(74(10,11)35-34-73(57,8)9)42-65(54)82-70(68)78(67)59-30-25-47(72(5,6)7)39-61(59)79(62)49-26-28-52-51-27-24-46(71(2,3)4)38-55(51)77(56(52)40-49)43-48-32-33-76(77,14)75(48,12)13/h18-19,22-31,36-42,45,48H,15-17,20-21,32-35,43H2,1-14H3. The van der Waals surface area contributed by atoms with E-state index in [0.29, 0.717) is 11.8 Å². The van der Waals surface area contributed by atoms with E-state index in [-0.39, 0.29) is 44.6 Å². The normalized spacial score (nSPS) is 23.6. The molecule has 16 rings (SSSR count). The molecule has 0 N–H and O–H groups in total. The molecular weight excluding hydrogens is 1010 g/mol. The SMILES string of the molecule is Cc1cc2c3c(c1)N(c1ccc(C4CCCCC4)c4c1oc1ccccc14)c1c(sc4cc5c(cc14)C(C)(C)CCC5(C)C)B3c1ccc(C(C)(C)C)cc1N2c1ccc2c(c1)C1(CC3CCC1(C)C3(C)C)c1cc(C(C)(C)C)ccc1-2. The minimum Gasteiger partial charge on any atom is -0.454 e. The van der Waals surface area contributed by atoms with Gasteiger partial charge < -0.3 is 14.2 Å². The number of furan rings is 1. The number of fused-ring (bicyclic) bond motifs is 18. The Morgan fingerprint density at radius 3 is 1.94 bits per heavy atom. The van der Waals surface area contributed by atoms with Gasteiger partial charge in [0.2, 0.25) is 0 Å². The van der Waals surface area contributed by atoms with E-state index in [1.165, 1.54) is 174 Å². The number of nitrogens with zero attached hydrogens (tertiary/aromatic N) is 2. The number of thiophene rings is 1. The van der Waals surface area contributed by atoms with E-state index in [9.17, 15) is 0 Å². The molecule has 3 saturated carbocycles. The molecule has 7 aliphatic rings. The molecule has 3 unspecified atom stereocenters. The zero-order valence-electron chi connectivity index (χ0n) is 51.5. The number of anilines is 6.